The zero-order valence-corrected chi connectivity index (χ0v) is 9.27. The van der Waals surface area contributed by atoms with Gasteiger partial charge in [0, 0.05) is 5.02 Å². The highest BCUT2D eigenvalue weighted by Gasteiger charge is 1.91. The lowest BCUT2D eigenvalue weighted by Gasteiger charge is -1.96. The fourth-order valence-electron chi connectivity index (χ4n) is 0.785. The lowest BCUT2D eigenvalue weighted by Crippen LogP contribution is -1.78. The van der Waals surface area contributed by atoms with Gasteiger partial charge in [-0.1, -0.05) is 50.6 Å². The van der Waals surface area contributed by atoms with Crippen LogP contribution in [-0.2, 0) is 11.2 Å². The summed E-state index contributed by atoms with van der Waals surface area (Å²) in [6.07, 6.45) is 1.01. The quantitative estimate of drug-likeness (QED) is 0.675. The molecule has 0 aliphatic carbocycles. The Balaban J connectivity index is 0. The van der Waals surface area contributed by atoms with E-state index in [4.69, 9.17) is 16.4 Å². The number of carbonyl (C=O) groups excluding carboxylic acids is 1. The molecular formula is C11H17ClO. The van der Waals surface area contributed by atoms with Crippen LogP contribution in [0.4, 0.5) is 0 Å². The molecule has 0 amide bonds. The van der Waals surface area contributed by atoms with Gasteiger partial charge in [0.25, 0.3) is 0 Å². The standard InChI is InChI=1S/C8H9Cl.C2H6.CH2O/c1-2-7-5-3-4-6-8(7)9;2*1-2/h3-6H,2H2,1H3;1-2H3;1H2. The number of benzene rings is 1. The van der Waals surface area contributed by atoms with E-state index >= 15 is 0 Å². The van der Waals surface area contributed by atoms with E-state index < -0.39 is 0 Å². The SMILES string of the molecule is C=O.CC.CCc1ccccc1Cl. The number of carbonyl (C=O) groups is 1. The van der Waals surface area contributed by atoms with E-state index in [1.807, 2.05) is 44.9 Å². The first-order chi connectivity index (χ1) is 6.34. The minimum atomic E-state index is 0.875. The first-order valence-electron chi connectivity index (χ1n) is 4.37. The topological polar surface area (TPSA) is 17.1 Å². The van der Waals surface area contributed by atoms with Crippen molar-refractivity contribution in [2.45, 2.75) is 27.2 Å². The second-order valence-corrected chi connectivity index (χ2v) is 2.35. The molecule has 0 saturated heterocycles. The van der Waals surface area contributed by atoms with Crippen LogP contribution in [0.1, 0.15) is 26.3 Å². The Labute approximate surface area is 85.7 Å². The average molecular weight is 201 g/mol. The first kappa shape index (κ1) is 14.7. The number of hydrogen-bond acceptors (Lipinski definition) is 1. The highest BCUT2D eigenvalue weighted by molar-refractivity contribution is 6.31. The summed E-state index contributed by atoms with van der Waals surface area (Å²) in [4.78, 5) is 8.00. The second-order valence-electron chi connectivity index (χ2n) is 1.94. The molecule has 0 spiro atoms. The van der Waals surface area contributed by atoms with E-state index in [-0.39, 0.29) is 0 Å². The molecule has 0 N–H and O–H groups in total. The van der Waals surface area contributed by atoms with Crippen molar-refractivity contribution in [2.24, 2.45) is 0 Å². The number of aryl methyl sites for hydroxylation is 1. The molecule has 74 valence electrons. The normalized spacial score (nSPS) is 7.38. The summed E-state index contributed by atoms with van der Waals surface area (Å²) in [6.45, 7) is 8.10. The summed E-state index contributed by atoms with van der Waals surface area (Å²) in [7, 11) is 0. The summed E-state index contributed by atoms with van der Waals surface area (Å²) in [5.41, 5.74) is 1.22. The van der Waals surface area contributed by atoms with Crippen molar-refractivity contribution in [3.63, 3.8) is 0 Å². The molecule has 1 nitrogen and oxygen atoms in total. The molecule has 0 radical (unpaired) electrons. The fraction of sp³-hybridized carbons (Fsp3) is 0.364. The van der Waals surface area contributed by atoms with Gasteiger partial charge in [0.2, 0.25) is 0 Å². The van der Waals surface area contributed by atoms with Gasteiger partial charge in [0.15, 0.2) is 0 Å². The predicted octanol–water partition coefficient (Wildman–Crippen LogP) is 3.74. The maximum absolute atomic E-state index is 8.00. The minimum Gasteiger partial charge on any atom is -0.307 e. The van der Waals surface area contributed by atoms with Gasteiger partial charge >= 0.3 is 0 Å². The Morgan fingerprint density at radius 3 is 2.00 bits per heavy atom. The molecule has 1 aromatic rings. The van der Waals surface area contributed by atoms with Gasteiger partial charge in [-0.25, -0.2) is 0 Å². The Kier molecular flexibility index (Phi) is 12.6. The maximum Gasteiger partial charge on any atom is 0.106 e. The average Bonchev–Trinajstić information content (AvgIpc) is 2.24. The number of halogens is 1. The van der Waals surface area contributed by atoms with Crippen LogP contribution in [0.5, 0.6) is 0 Å². The molecule has 0 atom stereocenters. The first-order valence-corrected chi connectivity index (χ1v) is 4.74. The lowest BCUT2D eigenvalue weighted by molar-refractivity contribution is -0.0979. The Morgan fingerprint density at radius 2 is 1.69 bits per heavy atom. The molecule has 2 heteroatoms. The van der Waals surface area contributed by atoms with E-state index in [1.54, 1.807) is 0 Å². The van der Waals surface area contributed by atoms with Crippen LogP contribution in [0.3, 0.4) is 0 Å². The molecule has 0 heterocycles. The number of rotatable bonds is 1. The van der Waals surface area contributed by atoms with Crippen molar-refractivity contribution in [1.82, 2.24) is 0 Å². The Bertz CT molecular complexity index is 211. The summed E-state index contributed by atoms with van der Waals surface area (Å²) in [5.74, 6) is 0. The molecule has 0 unspecified atom stereocenters. The zero-order chi connectivity index (χ0) is 10.7. The zero-order valence-electron chi connectivity index (χ0n) is 8.51. The van der Waals surface area contributed by atoms with Gasteiger partial charge in [-0.15, -0.1) is 0 Å². The van der Waals surface area contributed by atoms with E-state index in [9.17, 15) is 0 Å². The molecule has 0 aromatic heterocycles. The van der Waals surface area contributed by atoms with Crippen LogP contribution in [0.2, 0.25) is 5.02 Å². The lowest BCUT2D eigenvalue weighted by atomic mass is 10.2. The largest absolute Gasteiger partial charge is 0.307 e. The molecule has 0 aliphatic rings. The van der Waals surface area contributed by atoms with Gasteiger partial charge < -0.3 is 4.79 Å². The predicted molar refractivity (Wildman–Crippen MR) is 59.3 cm³/mol. The highest BCUT2D eigenvalue weighted by atomic mass is 35.5. The Morgan fingerprint density at radius 1 is 1.23 bits per heavy atom. The maximum atomic E-state index is 8.00. The summed E-state index contributed by atoms with van der Waals surface area (Å²) >= 11 is 5.82. The van der Waals surface area contributed by atoms with Crippen LogP contribution >= 0.6 is 11.6 Å². The van der Waals surface area contributed by atoms with Crippen LogP contribution in [0, 0.1) is 0 Å². The molecule has 0 fully saturated rings. The van der Waals surface area contributed by atoms with Gasteiger partial charge in [-0.2, -0.15) is 0 Å². The third kappa shape index (κ3) is 6.35. The van der Waals surface area contributed by atoms with Crippen molar-refractivity contribution in [3.05, 3.63) is 34.9 Å². The van der Waals surface area contributed by atoms with Crippen LogP contribution in [0.25, 0.3) is 0 Å². The van der Waals surface area contributed by atoms with Crippen LogP contribution in [-0.4, -0.2) is 6.79 Å². The van der Waals surface area contributed by atoms with Gasteiger partial charge in [-0.3, -0.25) is 0 Å². The van der Waals surface area contributed by atoms with Crippen molar-refractivity contribution in [3.8, 4) is 0 Å². The molecule has 0 aliphatic heterocycles. The fourth-order valence-corrected chi connectivity index (χ4v) is 1.05. The van der Waals surface area contributed by atoms with Gasteiger partial charge in [-0.05, 0) is 18.1 Å². The third-order valence-electron chi connectivity index (χ3n) is 1.34. The summed E-state index contributed by atoms with van der Waals surface area (Å²) in [5, 5.41) is 0.875. The third-order valence-corrected chi connectivity index (χ3v) is 1.71. The highest BCUT2D eigenvalue weighted by Crippen LogP contribution is 2.14. The summed E-state index contributed by atoms with van der Waals surface area (Å²) in [6, 6.07) is 7.91. The van der Waals surface area contributed by atoms with Crippen molar-refractivity contribution in [2.75, 3.05) is 0 Å². The van der Waals surface area contributed by atoms with Gasteiger partial charge in [0.1, 0.15) is 6.79 Å². The van der Waals surface area contributed by atoms with E-state index in [2.05, 4.69) is 6.92 Å². The van der Waals surface area contributed by atoms with E-state index in [1.165, 1.54) is 5.56 Å². The smallest absolute Gasteiger partial charge is 0.106 e. The monoisotopic (exact) mass is 200 g/mol. The van der Waals surface area contributed by atoms with Gasteiger partial charge in [0.05, 0.1) is 0 Å². The van der Waals surface area contributed by atoms with Crippen LogP contribution < -0.4 is 0 Å². The number of hydrogen-bond donors (Lipinski definition) is 0. The molecule has 0 bridgehead atoms. The minimum absolute atomic E-state index is 0.875. The van der Waals surface area contributed by atoms with E-state index in [0.29, 0.717) is 0 Å². The molecule has 1 rings (SSSR count). The summed E-state index contributed by atoms with van der Waals surface area (Å²) < 4.78 is 0. The molecule has 1 aromatic carbocycles. The second kappa shape index (κ2) is 11.2. The molecular weight excluding hydrogens is 184 g/mol. The molecule has 0 saturated carbocycles. The Hall–Kier alpha value is -0.820. The van der Waals surface area contributed by atoms with Crippen LogP contribution in [0.15, 0.2) is 24.3 Å². The van der Waals surface area contributed by atoms with Crippen molar-refractivity contribution >= 4 is 18.4 Å². The van der Waals surface area contributed by atoms with E-state index in [0.717, 1.165) is 11.4 Å². The molecule has 13 heavy (non-hydrogen) atoms. The van der Waals surface area contributed by atoms with Crippen molar-refractivity contribution in [1.29, 1.82) is 0 Å². The van der Waals surface area contributed by atoms with Crippen molar-refractivity contribution < 1.29 is 4.79 Å².